The van der Waals surface area contributed by atoms with E-state index in [0.29, 0.717) is 11.8 Å². The minimum atomic E-state index is 0.321. The number of imidazole rings is 1. The summed E-state index contributed by atoms with van der Waals surface area (Å²) in [4.78, 5) is 7.96. The maximum Gasteiger partial charge on any atom is 0.345 e. The van der Waals surface area contributed by atoms with E-state index in [1.165, 1.54) is 0 Å². The van der Waals surface area contributed by atoms with E-state index in [-0.39, 0.29) is 0 Å². The average Bonchev–Trinajstić information content (AvgIpc) is 3.44. The highest BCUT2D eigenvalue weighted by Crippen LogP contribution is 2.22. The van der Waals surface area contributed by atoms with Gasteiger partial charge in [0, 0.05) is 19.5 Å². The smallest absolute Gasteiger partial charge is 0.345 e. The van der Waals surface area contributed by atoms with Gasteiger partial charge in [0.25, 0.3) is 0 Å². The van der Waals surface area contributed by atoms with Crippen LogP contribution in [-0.2, 0) is 13.0 Å². The minimum absolute atomic E-state index is 0.321. The maximum absolute atomic E-state index is 5.94. The van der Waals surface area contributed by atoms with E-state index < -0.39 is 0 Å². The molecule has 2 heterocycles. The molecule has 0 saturated carbocycles. The number of benzene rings is 3. The molecule has 5 aromatic rings. The molecule has 5 rings (SSSR count). The van der Waals surface area contributed by atoms with Crippen LogP contribution in [0.1, 0.15) is 11.4 Å². The van der Waals surface area contributed by atoms with E-state index in [4.69, 9.17) is 4.74 Å². The standard InChI is InChI=1S/C23H21N7O/c1-2-8-18(9-3-1)30-23(27-28-29-30)31-19-10-6-7-17(15-19)16-24-14-13-22-25-20-11-4-5-12-21(20)26-22/h1-12,15,24H,13-14,16H2,(H,25,26). The molecule has 8 nitrogen and oxygen atoms in total. The first kappa shape index (κ1) is 19.0. The molecule has 3 aromatic carbocycles. The number of aromatic nitrogens is 6. The molecule has 0 bridgehead atoms. The zero-order valence-corrected chi connectivity index (χ0v) is 16.8. The minimum Gasteiger partial charge on any atom is -0.423 e. The molecule has 31 heavy (non-hydrogen) atoms. The number of nitrogens with zero attached hydrogens (tertiary/aromatic N) is 5. The van der Waals surface area contributed by atoms with Crippen LogP contribution in [0, 0.1) is 0 Å². The number of para-hydroxylation sites is 3. The van der Waals surface area contributed by atoms with Gasteiger partial charge in [0.15, 0.2) is 0 Å². The normalized spacial score (nSPS) is 11.1. The van der Waals surface area contributed by atoms with Crippen LogP contribution in [0.4, 0.5) is 0 Å². The number of nitrogens with one attached hydrogen (secondary N) is 2. The van der Waals surface area contributed by atoms with Gasteiger partial charge in [-0.2, -0.15) is 4.68 Å². The Morgan fingerprint density at radius 2 is 1.81 bits per heavy atom. The third-order valence-electron chi connectivity index (χ3n) is 4.86. The van der Waals surface area contributed by atoms with Crippen LogP contribution in [0.2, 0.25) is 0 Å². The predicted molar refractivity (Wildman–Crippen MR) is 117 cm³/mol. The van der Waals surface area contributed by atoms with Crippen LogP contribution >= 0.6 is 0 Å². The van der Waals surface area contributed by atoms with Gasteiger partial charge >= 0.3 is 6.01 Å². The second-order valence-corrected chi connectivity index (χ2v) is 7.09. The maximum atomic E-state index is 5.94. The van der Waals surface area contributed by atoms with Gasteiger partial charge in [-0.25, -0.2) is 4.98 Å². The van der Waals surface area contributed by atoms with Crippen molar-refractivity contribution in [2.24, 2.45) is 0 Å². The monoisotopic (exact) mass is 411 g/mol. The van der Waals surface area contributed by atoms with Crippen molar-refractivity contribution in [1.29, 1.82) is 0 Å². The van der Waals surface area contributed by atoms with Crippen molar-refractivity contribution in [2.75, 3.05) is 6.54 Å². The van der Waals surface area contributed by atoms with Crippen molar-refractivity contribution in [3.05, 3.63) is 90.3 Å². The fourth-order valence-corrected chi connectivity index (χ4v) is 3.36. The number of hydrogen-bond donors (Lipinski definition) is 2. The molecule has 0 aliphatic rings. The predicted octanol–water partition coefficient (Wildman–Crippen LogP) is 3.66. The summed E-state index contributed by atoms with van der Waals surface area (Å²) in [6, 6.07) is 25.9. The summed E-state index contributed by atoms with van der Waals surface area (Å²) in [6.07, 6.45) is 0.830. The van der Waals surface area contributed by atoms with Crippen LogP contribution in [0.15, 0.2) is 78.9 Å². The number of aromatic amines is 1. The highest BCUT2D eigenvalue weighted by atomic mass is 16.5. The first-order chi connectivity index (χ1) is 15.3. The van der Waals surface area contributed by atoms with Gasteiger partial charge in [-0.15, -0.1) is 0 Å². The van der Waals surface area contributed by atoms with E-state index in [1.807, 2.05) is 72.8 Å². The summed E-state index contributed by atoms with van der Waals surface area (Å²) in [7, 11) is 0. The summed E-state index contributed by atoms with van der Waals surface area (Å²) < 4.78 is 7.51. The Morgan fingerprint density at radius 1 is 0.935 bits per heavy atom. The van der Waals surface area contributed by atoms with Gasteiger partial charge in [-0.1, -0.05) is 47.6 Å². The van der Waals surface area contributed by atoms with Crippen LogP contribution in [0.25, 0.3) is 16.7 Å². The SMILES string of the molecule is c1ccc(-n2nnnc2Oc2cccc(CNCCc3nc4ccccc4[nH]3)c2)cc1. The highest BCUT2D eigenvalue weighted by Gasteiger charge is 2.10. The summed E-state index contributed by atoms with van der Waals surface area (Å²) in [5.41, 5.74) is 4.02. The molecule has 0 saturated heterocycles. The second-order valence-electron chi connectivity index (χ2n) is 7.09. The largest absolute Gasteiger partial charge is 0.423 e. The Kier molecular flexibility index (Phi) is 5.36. The second kappa shape index (κ2) is 8.76. The molecule has 0 aliphatic carbocycles. The molecule has 0 spiro atoms. The van der Waals surface area contributed by atoms with Gasteiger partial charge in [0.05, 0.1) is 16.7 Å². The van der Waals surface area contributed by atoms with E-state index in [0.717, 1.165) is 47.6 Å². The van der Waals surface area contributed by atoms with Crippen LogP contribution < -0.4 is 10.1 Å². The number of ether oxygens (including phenoxy) is 1. The molecule has 8 heteroatoms. The average molecular weight is 411 g/mol. The first-order valence-electron chi connectivity index (χ1n) is 10.1. The lowest BCUT2D eigenvalue weighted by atomic mass is 10.2. The molecule has 0 radical (unpaired) electrons. The number of hydrogen-bond acceptors (Lipinski definition) is 6. The van der Waals surface area contributed by atoms with E-state index in [1.54, 1.807) is 4.68 Å². The molecule has 0 atom stereocenters. The third-order valence-corrected chi connectivity index (χ3v) is 4.86. The van der Waals surface area contributed by atoms with Crippen molar-refractivity contribution in [1.82, 2.24) is 35.5 Å². The lowest BCUT2D eigenvalue weighted by Gasteiger charge is -2.08. The zero-order chi connectivity index (χ0) is 20.9. The zero-order valence-electron chi connectivity index (χ0n) is 16.8. The van der Waals surface area contributed by atoms with Crippen molar-refractivity contribution >= 4 is 11.0 Å². The summed E-state index contributed by atoms with van der Waals surface area (Å²) in [5, 5.41) is 15.2. The molecule has 0 unspecified atom stereocenters. The van der Waals surface area contributed by atoms with Gasteiger partial charge in [0.1, 0.15) is 11.6 Å². The lowest BCUT2D eigenvalue weighted by Crippen LogP contribution is -2.17. The lowest BCUT2D eigenvalue weighted by molar-refractivity contribution is 0.426. The molecule has 154 valence electrons. The van der Waals surface area contributed by atoms with Crippen molar-refractivity contribution in [3.63, 3.8) is 0 Å². The van der Waals surface area contributed by atoms with Crippen LogP contribution in [0.5, 0.6) is 11.8 Å². The summed E-state index contributed by atoms with van der Waals surface area (Å²) in [6.45, 7) is 1.54. The van der Waals surface area contributed by atoms with E-state index in [2.05, 4.69) is 36.9 Å². The summed E-state index contributed by atoms with van der Waals surface area (Å²) in [5.74, 6) is 1.67. The Balaban J connectivity index is 1.19. The van der Waals surface area contributed by atoms with Crippen LogP contribution in [-0.4, -0.2) is 36.7 Å². The number of fused-ring (bicyclic) bond motifs is 1. The van der Waals surface area contributed by atoms with E-state index in [9.17, 15) is 0 Å². The van der Waals surface area contributed by atoms with Crippen molar-refractivity contribution in [2.45, 2.75) is 13.0 Å². The van der Waals surface area contributed by atoms with Gasteiger partial charge in [-0.3, -0.25) is 0 Å². The molecule has 2 N–H and O–H groups in total. The Morgan fingerprint density at radius 3 is 2.71 bits per heavy atom. The van der Waals surface area contributed by atoms with Crippen molar-refractivity contribution < 1.29 is 4.74 Å². The fourth-order valence-electron chi connectivity index (χ4n) is 3.36. The topological polar surface area (TPSA) is 93.5 Å². The molecule has 0 aliphatic heterocycles. The van der Waals surface area contributed by atoms with Gasteiger partial charge in [0.2, 0.25) is 0 Å². The fraction of sp³-hybridized carbons (Fsp3) is 0.130. The Hall–Kier alpha value is -4.04. The molecule has 0 fully saturated rings. The number of tetrazole rings is 1. The number of rotatable bonds is 8. The molecule has 2 aromatic heterocycles. The Bertz CT molecular complexity index is 1250. The Labute approximate surface area is 178 Å². The molecular formula is C23H21N7O. The number of H-pyrrole nitrogens is 1. The molecular weight excluding hydrogens is 390 g/mol. The van der Waals surface area contributed by atoms with Crippen molar-refractivity contribution in [3.8, 4) is 17.4 Å². The van der Waals surface area contributed by atoms with Gasteiger partial charge in [-0.05, 0) is 52.4 Å². The summed E-state index contributed by atoms with van der Waals surface area (Å²) >= 11 is 0. The molecule has 0 amide bonds. The quantitative estimate of drug-likeness (QED) is 0.379. The highest BCUT2D eigenvalue weighted by molar-refractivity contribution is 5.74. The van der Waals surface area contributed by atoms with Gasteiger partial charge < -0.3 is 15.0 Å². The third kappa shape index (κ3) is 4.44. The van der Waals surface area contributed by atoms with E-state index >= 15 is 0 Å². The van der Waals surface area contributed by atoms with Crippen LogP contribution in [0.3, 0.4) is 0 Å². The first-order valence-corrected chi connectivity index (χ1v) is 10.1.